The van der Waals surface area contributed by atoms with Crippen molar-refractivity contribution in [2.24, 2.45) is 13.0 Å². The van der Waals surface area contributed by atoms with Gasteiger partial charge in [-0.3, -0.25) is 10.00 Å². The molecule has 2 saturated heterocycles. The number of rotatable bonds is 9. The van der Waals surface area contributed by atoms with Gasteiger partial charge in [0, 0.05) is 56.6 Å². The van der Waals surface area contributed by atoms with Crippen molar-refractivity contribution in [1.82, 2.24) is 29.6 Å². The fourth-order valence-electron chi connectivity index (χ4n) is 4.68. The Labute approximate surface area is 218 Å². The highest BCUT2D eigenvalue weighted by Crippen LogP contribution is 2.32. The van der Waals surface area contributed by atoms with Gasteiger partial charge in [0.05, 0.1) is 35.6 Å². The van der Waals surface area contributed by atoms with Crippen LogP contribution >= 0.6 is 11.3 Å². The van der Waals surface area contributed by atoms with Crippen molar-refractivity contribution >= 4 is 33.3 Å². The highest BCUT2D eigenvalue weighted by atomic mass is 32.1. The second-order valence-corrected chi connectivity index (χ2v) is 10.4. The number of thiophene rings is 1. The van der Waals surface area contributed by atoms with Gasteiger partial charge in [0.25, 0.3) is 0 Å². The lowest BCUT2D eigenvalue weighted by Crippen LogP contribution is -2.30. The lowest BCUT2D eigenvalue weighted by molar-refractivity contribution is 0.0569. The number of hydrogen-bond acceptors (Lipinski definition) is 10. The summed E-state index contributed by atoms with van der Waals surface area (Å²) in [6, 6.07) is 3.86. The largest absolute Gasteiger partial charge is 0.470 e. The molecule has 37 heavy (non-hydrogen) atoms. The summed E-state index contributed by atoms with van der Waals surface area (Å²) < 4.78 is 21.0. The van der Waals surface area contributed by atoms with E-state index < -0.39 is 6.23 Å². The third-order valence-electron chi connectivity index (χ3n) is 6.75. The lowest BCUT2D eigenvalue weighted by atomic mass is 10.0. The zero-order chi connectivity index (χ0) is 25.2. The van der Waals surface area contributed by atoms with Gasteiger partial charge < -0.3 is 29.2 Å². The summed E-state index contributed by atoms with van der Waals surface area (Å²) in [7, 11) is 1.88. The highest BCUT2D eigenvalue weighted by Gasteiger charge is 2.23. The number of fused-ring (bicyclic) bond motifs is 1. The normalized spacial score (nSPS) is 19.5. The fraction of sp³-hybridized carbons (Fsp3) is 0.480. The predicted octanol–water partition coefficient (Wildman–Crippen LogP) is 3.13. The van der Waals surface area contributed by atoms with Crippen molar-refractivity contribution in [3.63, 3.8) is 0 Å². The first-order chi connectivity index (χ1) is 18.1. The fourth-order valence-corrected chi connectivity index (χ4v) is 5.49. The Kier molecular flexibility index (Phi) is 7.07. The number of hydrogen-bond donors (Lipinski definition) is 3. The summed E-state index contributed by atoms with van der Waals surface area (Å²) in [6.07, 6.45) is 7.75. The van der Waals surface area contributed by atoms with Crippen molar-refractivity contribution in [3.05, 3.63) is 41.7 Å². The Hall–Kier alpha value is -3.03. The van der Waals surface area contributed by atoms with Crippen LogP contribution in [0.3, 0.4) is 0 Å². The van der Waals surface area contributed by atoms with Gasteiger partial charge in [-0.25, -0.2) is 4.98 Å². The first kappa shape index (κ1) is 24.3. The van der Waals surface area contributed by atoms with Crippen LogP contribution in [0.1, 0.15) is 31.1 Å². The summed E-state index contributed by atoms with van der Waals surface area (Å²) in [5, 5.41) is 24.3. The molecule has 2 fully saturated rings. The van der Waals surface area contributed by atoms with Crippen molar-refractivity contribution in [3.8, 4) is 11.6 Å². The van der Waals surface area contributed by atoms with Crippen LogP contribution in [0.15, 0.2) is 36.1 Å². The third kappa shape index (κ3) is 5.48. The Balaban J connectivity index is 1.22. The van der Waals surface area contributed by atoms with Crippen LogP contribution in [0, 0.1) is 5.92 Å². The number of ether oxygens (including phenoxy) is 3. The minimum Gasteiger partial charge on any atom is -0.470 e. The van der Waals surface area contributed by atoms with E-state index >= 15 is 0 Å². The minimum absolute atomic E-state index is 0.0616. The smallest absolute Gasteiger partial charge is 0.244 e. The van der Waals surface area contributed by atoms with E-state index in [1.807, 2.05) is 41.5 Å². The summed E-state index contributed by atoms with van der Waals surface area (Å²) >= 11 is 1.49. The molecule has 6 heterocycles. The molecule has 2 aliphatic heterocycles. The molecular formula is C25H31N7O4S. The molecule has 0 aliphatic carbocycles. The molecule has 0 aromatic carbocycles. The molecule has 4 aromatic rings. The molecule has 12 heteroatoms. The summed E-state index contributed by atoms with van der Waals surface area (Å²) in [5.74, 6) is 1.46. The molecule has 2 aliphatic rings. The van der Waals surface area contributed by atoms with E-state index in [0.29, 0.717) is 31.0 Å². The molecule has 2 atom stereocenters. The standard InChI is InChI=1S/C25H31N7O4S/c1-31-13-18(12-27-31)32-6-2-20-22(32)24(36-19-5-9-35-14-19)30-25(28-20)29-21-10-17(15-37-21)23(33)26-11-16-3-7-34-8-4-16/h2,6,10,12-13,15-16,19,23,26,33H,3-5,7-9,11,14H2,1H3,(H,28,29,30)/t19-,23?/m0/s1. The number of nitrogens with zero attached hydrogens (tertiary/aromatic N) is 5. The van der Waals surface area contributed by atoms with Crippen LogP contribution in [0.2, 0.25) is 0 Å². The lowest BCUT2D eigenvalue weighted by Gasteiger charge is -2.23. The first-order valence-corrected chi connectivity index (χ1v) is 13.5. The van der Waals surface area contributed by atoms with E-state index in [1.54, 1.807) is 10.9 Å². The van der Waals surface area contributed by atoms with E-state index in [-0.39, 0.29) is 6.10 Å². The number of nitrogens with one attached hydrogen (secondary N) is 2. The second-order valence-electron chi connectivity index (χ2n) is 9.48. The van der Waals surface area contributed by atoms with Gasteiger partial charge in [0.2, 0.25) is 11.8 Å². The molecule has 4 aromatic heterocycles. The minimum atomic E-state index is -0.729. The van der Waals surface area contributed by atoms with Crippen molar-refractivity contribution in [2.75, 3.05) is 38.3 Å². The molecule has 1 unspecified atom stereocenters. The van der Waals surface area contributed by atoms with Crippen LogP contribution in [-0.4, -0.2) is 68.5 Å². The Morgan fingerprint density at radius 1 is 1.22 bits per heavy atom. The quantitative estimate of drug-likeness (QED) is 0.283. The second kappa shape index (κ2) is 10.8. The molecule has 6 rings (SSSR count). The molecular weight excluding hydrogens is 494 g/mol. The number of aliphatic hydroxyl groups excluding tert-OH is 1. The predicted molar refractivity (Wildman–Crippen MR) is 140 cm³/mol. The zero-order valence-corrected chi connectivity index (χ0v) is 21.5. The molecule has 0 spiro atoms. The molecule has 196 valence electrons. The highest BCUT2D eigenvalue weighted by molar-refractivity contribution is 7.14. The van der Waals surface area contributed by atoms with Crippen molar-refractivity contribution < 1.29 is 19.3 Å². The van der Waals surface area contributed by atoms with Gasteiger partial charge in [-0.2, -0.15) is 10.1 Å². The summed E-state index contributed by atoms with van der Waals surface area (Å²) in [4.78, 5) is 9.49. The molecule has 0 saturated carbocycles. The van der Waals surface area contributed by atoms with Crippen LogP contribution in [0.25, 0.3) is 16.7 Å². The van der Waals surface area contributed by atoms with E-state index in [0.717, 1.165) is 66.3 Å². The van der Waals surface area contributed by atoms with Crippen molar-refractivity contribution in [1.29, 1.82) is 0 Å². The van der Waals surface area contributed by atoms with Gasteiger partial charge in [-0.15, -0.1) is 11.3 Å². The molecule has 0 amide bonds. The van der Waals surface area contributed by atoms with Gasteiger partial charge >= 0.3 is 0 Å². The van der Waals surface area contributed by atoms with E-state index in [2.05, 4.69) is 15.7 Å². The van der Waals surface area contributed by atoms with Crippen LogP contribution in [-0.2, 0) is 16.5 Å². The number of anilines is 2. The number of aliphatic hydroxyl groups is 1. The summed E-state index contributed by atoms with van der Waals surface area (Å²) in [6.45, 7) is 3.57. The first-order valence-electron chi connectivity index (χ1n) is 12.6. The number of aromatic nitrogens is 5. The molecule has 0 bridgehead atoms. The number of aryl methyl sites for hydroxylation is 1. The maximum atomic E-state index is 10.7. The Morgan fingerprint density at radius 3 is 2.86 bits per heavy atom. The topological polar surface area (TPSA) is 121 Å². The Bertz CT molecular complexity index is 1340. The van der Waals surface area contributed by atoms with Crippen LogP contribution in [0.4, 0.5) is 10.9 Å². The van der Waals surface area contributed by atoms with Gasteiger partial charge in [0.15, 0.2) is 0 Å². The zero-order valence-electron chi connectivity index (χ0n) is 20.7. The average Bonchev–Trinajstić information content (AvgIpc) is 3.71. The monoisotopic (exact) mass is 525 g/mol. The van der Waals surface area contributed by atoms with Gasteiger partial charge in [-0.1, -0.05) is 0 Å². The maximum Gasteiger partial charge on any atom is 0.244 e. The van der Waals surface area contributed by atoms with Crippen LogP contribution < -0.4 is 15.4 Å². The van der Waals surface area contributed by atoms with E-state index in [9.17, 15) is 5.11 Å². The average molecular weight is 526 g/mol. The molecule has 11 nitrogen and oxygen atoms in total. The van der Waals surface area contributed by atoms with Gasteiger partial charge in [-0.05, 0) is 30.9 Å². The molecule has 0 radical (unpaired) electrons. The van der Waals surface area contributed by atoms with E-state index in [1.165, 1.54) is 11.3 Å². The summed E-state index contributed by atoms with van der Waals surface area (Å²) in [5.41, 5.74) is 3.25. The maximum absolute atomic E-state index is 10.7. The SMILES string of the molecule is Cn1cc(-n2ccc3nc(Nc4cc(C(O)NCC5CCOCC5)cs4)nc(O[C@H]4CCOC4)c32)cn1. The molecule has 3 N–H and O–H groups in total. The van der Waals surface area contributed by atoms with E-state index in [4.69, 9.17) is 24.2 Å². The Morgan fingerprint density at radius 2 is 2.08 bits per heavy atom. The van der Waals surface area contributed by atoms with Gasteiger partial charge in [0.1, 0.15) is 17.8 Å². The third-order valence-corrected chi connectivity index (χ3v) is 7.61. The van der Waals surface area contributed by atoms with Crippen molar-refractivity contribution in [2.45, 2.75) is 31.6 Å². The van der Waals surface area contributed by atoms with Crippen LogP contribution in [0.5, 0.6) is 5.88 Å².